The molecular weight excluding hydrogens is 539 g/mol. The molecule has 1 amide bonds. The summed E-state index contributed by atoms with van der Waals surface area (Å²) in [6.45, 7) is 8.63. The lowest BCUT2D eigenvalue weighted by Crippen LogP contribution is -2.51. The first kappa shape index (κ1) is 27.2. The Hall–Kier alpha value is -2.86. The number of aromatic nitrogens is 2. The van der Waals surface area contributed by atoms with E-state index in [2.05, 4.69) is 22.2 Å². The van der Waals surface area contributed by atoms with Gasteiger partial charge in [0.15, 0.2) is 5.11 Å². The summed E-state index contributed by atoms with van der Waals surface area (Å²) in [5.74, 6) is 1.62. The van der Waals surface area contributed by atoms with Crippen molar-refractivity contribution in [3.8, 4) is 11.5 Å². The number of benzene rings is 1. The van der Waals surface area contributed by atoms with E-state index in [1.807, 2.05) is 23.6 Å². The minimum Gasteiger partial charge on any atom is -0.495 e. The van der Waals surface area contributed by atoms with Crippen molar-refractivity contribution in [2.45, 2.75) is 38.5 Å². The Morgan fingerprint density at radius 1 is 1.24 bits per heavy atom. The molecule has 37 heavy (non-hydrogen) atoms. The molecule has 0 radical (unpaired) electrons. The van der Waals surface area contributed by atoms with Crippen molar-refractivity contribution < 1.29 is 19.0 Å². The van der Waals surface area contributed by atoms with E-state index in [-0.39, 0.29) is 24.0 Å². The van der Waals surface area contributed by atoms with Crippen LogP contribution in [0.25, 0.3) is 0 Å². The lowest BCUT2D eigenvalue weighted by Gasteiger charge is -2.41. The Bertz CT molecular complexity index is 1200. The van der Waals surface area contributed by atoms with Crippen LogP contribution >= 0.6 is 35.4 Å². The molecule has 1 fully saturated rings. The van der Waals surface area contributed by atoms with Crippen LogP contribution in [0.1, 0.15) is 19.4 Å². The normalized spacial score (nSPS) is 19.1. The summed E-state index contributed by atoms with van der Waals surface area (Å²) in [6.07, 6.45) is 2.97. The van der Waals surface area contributed by atoms with E-state index in [9.17, 15) is 4.79 Å². The molecule has 1 saturated heterocycles. The minimum absolute atomic E-state index is 0.0451. The average Bonchev–Trinajstić information content (AvgIpc) is 3.30. The number of carbonyl (C=O) groups is 1. The van der Waals surface area contributed by atoms with Crippen LogP contribution in [0, 0.1) is 0 Å². The Labute approximate surface area is 230 Å². The van der Waals surface area contributed by atoms with Crippen LogP contribution in [0.5, 0.6) is 11.5 Å². The maximum Gasteiger partial charge on any atom is 0.243 e. The molecule has 0 aliphatic carbocycles. The van der Waals surface area contributed by atoms with Gasteiger partial charge in [0.1, 0.15) is 27.4 Å². The molecule has 1 aromatic carbocycles. The topological polar surface area (TPSA) is 101 Å². The summed E-state index contributed by atoms with van der Waals surface area (Å²) in [5, 5.41) is 7.24. The SMILES string of the molecule is C=CC(=O)N[C@H]1COC[C@H]1Nc1ncc2c(n1)N(C(C)C)C(=S)N(c1c(Cl)c(OC)cc(OC)c1Cl)C2. The zero-order chi connectivity index (χ0) is 26.9. The van der Waals surface area contributed by atoms with Crippen LogP contribution in [0.15, 0.2) is 24.9 Å². The fraction of sp³-hybridized carbons (Fsp3) is 0.417. The second-order valence-electron chi connectivity index (χ2n) is 8.74. The molecule has 2 atom stereocenters. The van der Waals surface area contributed by atoms with Gasteiger partial charge in [-0.3, -0.25) is 4.79 Å². The highest BCUT2D eigenvalue weighted by Gasteiger charge is 2.36. The molecule has 0 bridgehead atoms. The number of nitrogens with one attached hydrogen (secondary N) is 2. The summed E-state index contributed by atoms with van der Waals surface area (Å²) in [5.41, 5.74) is 1.30. The molecule has 0 saturated carbocycles. The number of hydrogen-bond acceptors (Lipinski definition) is 8. The fourth-order valence-electron chi connectivity index (χ4n) is 4.24. The van der Waals surface area contributed by atoms with Gasteiger partial charge in [-0.15, -0.1) is 0 Å². The summed E-state index contributed by atoms with van der Waals surface area (Å²) in [7, 11) is 3.04. The standard InChI is InChI=1S/C24H28Cl2N6O4S/c1-6-18(33)28-14-10-36-11-15(14)29-23-27-8-13-9-31(24(37)32(12(2)3)22(13)30-23)21-19(25)16(34-4)7-17(35-5)20(21)26/h6-8,12,14-15H,1,9-11H2,2-5H3,(H,28,33)(H,27,29,30)/t14-,15+/m0/s1. The first-order valence-corrected chi connectivity index (χ1v) is 12.7. The van der Waals surface area contributed by atoms with Gasteiger partial charge in [0.2, 0.25) is 11.9 Å². The fourth-order valence-corrected chi connectivity index (χ4v) is 5.40. The lowest BCUT2D eigenvalue weighted by molar-refractivity contribution is -0.117. The third-order valence-electron chi connectivity index (χ3n) is 6.08. The second-order valence-corrected chi connectivity index (χ2v) is 9.86. The molecule has 13 heteroatoms. The van der Waals surface area contributed by atoms with Crippen LogP contribution in [-0.4, -0.2) is 66.5 Å². The molecule has 1 aromatic heterocycles. The highest BCUT2D eigenvalue weighted by atomic mass is 35.5. The number of nitrogens with zero attached hydrogens (tertiary/aromatic N) is 4. The van der Waals surface area contributed by atoms with Gasteiger partial charge >= 0.3 is 0 Å². The number of rotatable bonds is 8. The number of thiocarbonyl (C=S) groups is 1. The number of carbonyl (C=O) groups excluding carboxylic acids is 1. The quantitative estimate of drug-likeness (QED) is 0.362. The molecule has 4 rings (SSSR count). The van der Waals surface area contributed by atoms with E-state index in [4.69, 9.17) is 54.6 Å². The Balaban J connectivity index is 1.69. The number of fused-ring (bicyclic) bond motifs is 1. The van der Waals surface area contributed by atoms with E-state index < -0.39 is 0 Å². The van der Waals surface area contributed by atoms with Gasteiger partial charge in [0.05, 0.1) is 51.7 Å². The zero-order valence-corrected chi connectivity index (χ0v) is 23.2. The van der Waals surface area contributed by atoms with E-state index in [0.717, 1.165) is 5.56 Å². The predicted octanol–water partition coefficient (Wildman–Crippen LogP) is 3.80. The van der Waals surface area contributed by atoms with Crippen molar-refractivity contribution in [3.63, 3.8) is 0 Å². The van der Waals surface area contributed by atoms with Gasteiger partial charge in [-0.1, -0.05) is 29.8 Å². The molecule has 2 aromatic rings. The lowest BCUT2D eigenvalue weighted by atomic mass is 10.1. The second kappa shape index (κ2) is 11.3. The van der Waals surface area contributed by atoms with Gasteiger partial charge in [0, 0.05) is 23.9 Å². The van der Waals surface area contributed by atoms with Crippen LogP contribution in [-0.2, 0) is 16.1 Å². The van der Waals surface area contributed by atoms with Crippen molar-refractivity contribution in [3.05, 3.63) is 40.5 Å². The summed E-state index contributed by atoms with van der Waals surface area (Å²) >= 11 is 19.3. The monoisotopic (exact) mass is 566 g/mol. The highest BCUT2D eigenvalue weighted by molar-refractivity contribution is 7.80. The van der Waals surface area contributed by atoms with E-state index in [0.29, 0.717) is 63.9 Å². The summed E-state index contributed by atoms with van der Waals surface area (Å²) < 4.78 is 16.4. The summed E-state index contributed by atoms with van der Waals surface area (Å²) in [6, 6.07) is 1.14. The molecule has 0 spiro atoms. The maximum absolute atomic E-state index is 11.8. The minimum atomic E-state index is -0.267. The predicted molar refractivity (Wildman–Crippen MR) is 148 cm³/mol. The first-order chi connectivity index (χ1) is 17.7. The number of amides is 1. The van der Waals surface area contributed by atoms with E-state index in [1.54, 1.807) is 12.3 Å². The van der Waals surface area contributed by atoms with Crippen molar-refractivity contribution in [2.75, 3.05) is 42.5 Å². The molecule has 2 aliphatic rings. The van der Waals surface area contributed by atoms with Gasteiger partial charge < -0.3 is 34.6 Å². The third-order valence-corrected chi connectivity index (χ3v) is 7.23. The van der Waals surface area contributed by atoms with Crippen molar-refractivity contribution in [2.24, 2.45) is 0 Å². The molecule has 0 unspecified atom stereocenters. The number of ether oxygens (including phenoxy) is 3. The smallest absolute Gasteiger partial charge is 0.243 e. The van der Waals surface area contributed by atoms with Gasteiger partial charge in [-0.05, 0) is 32.1 Å². The molecule has 2 aliphatic heterocycles. The van der Waals surface area contributed by atoms with E-state index >= 15 is 0 Å². The number of halogens is 2. The van der Waals surface area contributed by atoms with Crippen LogP contribution < -0.4 is 29.9 Å². The number of hydrogen-bond donors (Lipinski definition) is 2. The van der Waals surface area contributed by atoms with Gasteiger partial charge in [-0.2, -0.15) is 4.98 Å². The van der Waals surface area contributed by atoms with Crippen molar-refractivity contribution in [1.29, 1.82) is 0 Å². The largest absolute Gasteiger partial charge is 0.495 e. The maximum atomic E-state index is 11.8. The van der Waals surface area contributed by atoms with Crippen LogP contribution in [0.3, 0.4) is 0 Å². The molecule has 198 valence electrons. The number of anilines is 3. The Morgan fingerprint density at radius 3 is 2.49 bits per heavy atom. The number of methoxy groups -OCH3 is 2. The first-order valence-electron chi connectivity index (χ1n) is 11.5. The highest BCUT2D eigenvalue weighted by Crippen LogP contribution is 2.48. The van der Waals surface area contributed by atoms with Gasteiger partial charge in [0.25, 0.3) is 0 Å². The van der Waals surface area contributed by atoms with Crippen LogP contribution in [0.2, 0.25) is 10.0 Å². The van der Waals surface area contributed by atoms with Crippen molar-refractivity contribution >= 4 is 63.9 Å². The Kier molecular flexibility index (Phi) is 8.27. The molecule has 10 nitrogen and oxygen atoms in total. The van der Waals surface area contributed by atoms with Crippen molar-refractivity contribution in [1.82, 2.24) is 15.3 Å². The van der Waals surface area contributed by atoms with E-state index in [1.165, 1.54) is 20.3 Å². The average molecular weight is 567 g/mol. The molecular formula is C24H28Cl2N6O4S. The summed E-state index contributed by atoms with van der Waals surface area (Å²) in [4.78, 5) is 24.8. The molecule has 3 heterocycles. The zero-order valence-electron chi connectivity index (χ0n) is 20.9. The third kappa shape index (κ3) is 5.26. The molecule has 2 N–H and O–H groups in total. The van der Waals surface area contributed by atoms with Gasteiger partial charge in [-0.25, -0.2) is 4.98 Å². The van der Waals surface area contributed by atoms with Crippen LogP contribution in [0.4, 0.5) is 17.5 Å². The Morgan fingerprint density at radius 2 is 1.89 bits per heavy atom.